The van der Waals surface area contributed by atoms with Crippen LogP contribution in [0.15, 0.2) is 30.3 Å². The highest BCUT2D eigenvalue weighted by Gasteiger charge is 2.25. The summed E-state index contributed by atoms with van der Waals surface area (Å²) < 4.78 is 0. The highest BCUT2D eigenvalue weighted by molar-refractivity contribution is 7.19. The second-order valence-electron chi connectivity index (χ2n) is 5.51. The molecule has 1 aliphatic heterocycles. The van der Waals surface area contributed by atoms with Gasteiger partial charge in [0.1, 0.15) is 0 Å². The number of nitrogen functional groups attached to an aromatic ring is 1. The minimum Gasteiger partial charge on any atom is -0.390 e. The van der Waals surface area contributed by atoms with Gasteiger partial charge in [-0.25, -0.2) is 0 Å². The molecule has 0 spiro atoms. The summed E-state index contributed by atoms with van der Waals surface area (Å²) in [7, 11) is 0. The zero-order valence-corrected chi connectivity index (χ0v) is 13.1. The van der Waals surface area contributed by atoms with Crippen LogP contribution >= 0.6 is 11.3 Å². The topological polar surface area (TPSA) is 46.3 Å². The summed E-state index contributed by atoms with van der Waals surface area (Å²) in [5.41, 5.74) is 9.01. The molecule has 1 aromatic heterocycles. The number of carbonyl (C=O) groups excluding carboxylic acids is 1. The fraction of sp³-hybridized carbons (Fsp3) is 0.353. The van der Waals surface area contributed by atoms with Crippen molar-refractivity contribution in [1.29, 1.82) is 0 Å². The van der Waals surface area contributed by atoms with Crippen LogP contribution < -0.4 is 5.73 Å². The van der Waals surface area contributed by atoms with Gasteiger partial charge in [-0.3, -0.25) is 4.79 Å². The smallest absolute Gasteiger partial charge is 0.257 e. The Bertz CT molecular complexity index is 642. The predicted octanol–water partition coefficient (Wildman–Crippen LogP) is 3.93. The first-order valence-electron chi connectivity index (χ1n) is 7.42. The molecule has 4 heteroatoms. The lowest BCUT2D eigenvalue weighted by atomic mass is 10.0. The van der Waals surface area contributed by atoms with E-state index in [0.29, 0.717) is 10.6 Å². The van der Waals surface area contributed by atoms with Crippen molar-refractivity contribution < 1.29 is 4.79 Å². The van der Waals surface area contributed by atoms with Crippen molar-refractivity contribution in [2.24, 2.45) is 0 Å². The molecule has 2 heterocycles. The molecule has 21 heavy (non-hydrogen) atoms. The summed E-state index contributed by atoms with van der Waals surface area (Å²) in [6, 6.07) is 10.1. The van der Waals surface area contributed by atoms with Crippen molar-refractivity contribution in [2.75, 3.05) is 18.8 Å². The summed E-state index contributed by atoms with van der Waals surface area (Å²) in [5, 5.41) is 0.641. The Balaban J connectivity index is 1.96. The van der Waals surface area contributed by atoms with E-state index in [0.717, 1.165) is 41.9 Å². The number of amides is 1. The minimum atomic E-state index is 0.100. The molecule has 1 aliphatic rings. The van der Waals surface area contributed by atoms with Crippen LogP contribution in [0.2, 0.25) is 0 Å². The van der Waals surface area contributed by atoms with E-state index in [9.17, 15) is 4.79 Å². The molecule has 0 aliphatic carbocycles. The highest BCUT2D eigenvalue weighted by atomic mass is 32.1. The van der Waals surface area contributed by atoms with E-state index in [-0.39, 0.29) is 5.91 Å². The van der Waals surface area contributed by atoms with Gasteiger partial charge in [-0.2, -0.15) is 0 Å². The van der Waals surface area contributed by atoms with Gasteiger partial charge in [0.2, 0.25) is 0 Å². The summed E-state index contributed by atoms with van der Waals surface area (Å²) in [6.07, 6.45) is 3.41. The lowest BCUT2D eigenvalue weighted by molar-refractivity contribution is 0.0725. The van der Waals surface area contributed by atoms with E-state index in [4.69, 9.17) is 5.73 Å². The summed E-state index contributed by atoms with van der Waals surface area (Å²) in [5.74, 6) is 0.100. The average Bonchev–Trinajstić information content (AvgIpc) is 2.83. The second-order valence-corrected chi connectivity index (χ2v) is 6.57. The van der Waals surface area contributed by atoms with E-state index >= 15 is 0 Å². The quantitative estimate of drug-likeness (QED) is 0.913. The molecule has 2 aromatic rings. The summed E-state index contributed by atoms with van der Waals surface area (Å²) >= 11 is 1.52. The van der Waals surface area contributed by atoms with Gasteiger partial charge in [0.15, 0.2) is 0 Å². The minimum absolute atomic E-state index is 0.100. The zero-order valence-electron chi connectivity index (χ0n) is 12.3. The normalized spacial score (nSPS) is 15.2. The van der Waals surface area contributed by atoms with Crippen molar-refractivity contribution in [3.05, 3.63) is 41.5 Å². The Labute approximate surface area is 129 Å². The summed E-state index contributed by atoms with van der Waals surface area (Å²) in [6.45, 7) is 3.72. The average molecular weight is 300 g/mol. The van der Waals surface area contributed by atoms with Gasteiger partial charge in [0, 0.05) is 18.0 Å². The molecule has 1 fully saturated rings. The molecule has 0 atom stereocenters. The summed E-state index contributed by atoms with van der Waals surface area (Å²) in [4.78, 5) is 15.8. The van der Waals surface area contributed by atoms with Crippen molar-refractivity contribution in [2.45, 2.75) is 26.2 Å². The molecule has 1 saturated heterocycles. The Morgan fingerprint density at radius 1 is 1.14 bits per heavy atom. The molecule has 0 bridgehead atoms. The molecule has 0 radical (unpaired) electrons. The second kappa shape index (κ2) is 5.90. The lowest BCUT2D eigenvalue weighted by Gasteiger charge is -2.27. The molecule has 0 saturated carbocycles. The third-order valence-electron chi connectivity index (χ3n) is 4.07. The maximum atomic E-state index is 12.7. The highest BCUT2D eigenvalue weighted by Crippen LogP contribution is 2.38. The van der Waals surface area contributed by atoms with E-state index in [1.54, 1.807) is 0 Å². The van der Waals surface area contributed by atoms with Crippen molar-refractivity contribution >= 4 is 22.2 Å². The number of benzene rings is 1. The standard InChI is InChI=1S/C17H20N2OS/c1-12-14(17(20)19-10-6-3-7-11-19)16(18)21-15(12)13-8-4-2-5-9-13/h2,4-5,8-9H,3,6-7,10-11,18H2,1H3. The molecule has 3 rings (SSSR count). The van der Waals surface area contributed by atoms with Crippen LogP contribution in [0.5, 0.6) is 0 Å². The first kappa shape index (κ1) is 14.1. The van der Waals surface area contributed by atoms with Crippen molar-refractivity contribution in [3.8, 4) is 10.4 Å². The third-order valence-corrected chi connectivity index (χ3v) is 5.24. The number of rotatable bonds is 2. The number of anilines is 1. The maximum Gasteiger partial charge on any atom is 0.257 e. The first-order chi connectivity index (χ1) is 10.2. The van der Waals surface area contributed by atoms with E-state index in [1.807, 2.05) is 30.0 Å². The van der Waals surface area contributed by atoms with Crippen LogP contribution in [0, 0.1) is 6.92 Å². The van der Waals surface area contributed by atoms with Gasteiger partial charge >= 0.3 is 0 Å². The number of nitrogens with two attached hydrogens (primary N) is 1. The molecule has 110 valence electrons. The van der Waals surface area contributed by atoms with Gasteiger partial charge in [0.05, 0.1) is 10.6 Å². The van der Waals surface area contributed by atoms with E-state index < -0.39 is 0 Å². The van der Waals surface area contributed by atoms with Crippen molar-refractivity contribution in [1.82, 2.24) is 4.90 Å². The fourth-order valence-corrected chi connectivity index (χ4v) is 3.99. The van der Waals surface area contributed by atoms with Crippen molar-refractivity contribution in [3.63, 3.8) is 0 Å². The molecule has 3 nitrogen and oxygen atoms in total. The van der Waals surface area contributed by atoms with Crippen LogP contribution in [0.4, 0.5) is 5.00 Å². The molecule has 0 unspecified atom stereocenters. The van der Waals surface area contributed by atoms with Gasteiger partial charge in [-0.15, -0.1) is 11.3 Å². The number of hydrogen-bond donors (Lipinski definition) is 1. The van der Waals surface area contributed by atoms with Gasteiger partial charge in [-0.05, 0) is 37.3 Å². The van der Waals surface area contributed by atoms with Crippen LogP contribution in [-0.4, -0.2) is 23.9 Å². The van der Waals surface area contributed by atoms with Crippen LogP contribution in [0.25, 0.3) is 10.4 Å². The number of likely N-dealkylation sites (tertiary alicyclic amines) is 1. The molecular formula is C17H20N2OS. The van der Waals surface area contributed by atoms with Crippen LogP contribution in [0.1, 0.15) is 35.2 Å². The Hall–Kier alpha value is -1.81. The monoisotopic (exact) mass is 300 g/mol. The predicted molar refractivity (Wildman–Crippen MR) is 88.7 cm³/mol. The van der Waals surface area contributed by atoms with E-state index in [2.05, 4.69) is 12.1 Å². The number of thiophene rings is 1. The SMILES string of the molecule is Cc1c(-c2ccccc2)sc(N)c1C(=O)N1CCCCC1. The van der Waals surface area contributed by atoms with Crippen LogP contribution in [0.3, 0.4) is 0 Å². The lowest BCUT2D eigenvalue weighted by Crippen LogP contribution is -2.36. The Kier molecular flexibility index (Phi) is 3.97. The molecule has 2 N–H and O–H groups in total. The van der Waals surface area contributed by atoms with Gasteiger partial charge < -0.3 is 10.6 Å². The van der Waals surface area contributed by atoms with E-state index in [1.165, 1.54) is 17.8 Å². The molecular weight excluding hydrogens is 280 g/mol. The zero-order chi connectivity index (χ0) is 14.8. The Morgan fingerprint density at radius 3 is 2.48 bits per heavy atom. The molecule has 1 amide bonds. The number of hydrogen-bond acceptors (Lipinski definition) is 3. The van der Waals surface area contributed by atoms with Gasteiger partial charge in [0.25, 0.3) is 5.91 Å². The number of nitrogens with zero attached hydrogens (tertiary/aromatic N) is 1. The fourth-order valence-electron chi connectivity index (χ4n) is 2.92. The maximum absolute atomic E-state index is 12.7. The number of carbonyl (C=O) groups is 1. The molecule has 1 aromatic carbocycles. The number of piperidine rings is 1. The largest absolute Gasteiger partial charge is 0.390 e. The van der Waals surface area contributed by atoms with Gasteiger partial charge in [-0.1, -0.05) is 30.3 Å². The first-order valence-corrected chi connectivity index (χ1v) is 8.23. The Morgan fingerprint density at radius 2 is 1.81 bits per heavy atom. The van der Waals surface area contributed by atoms with Crippen LogP contribution in [-0.2, 0) is 0 Å². The third kappa shape index (κ3) is 2.68.